The van der Waals surface area contributed by atoms with Gasteiger partial charge >= 0.3 is 0 Å². The number of ether oxygens (including phenoxy) is 1. The van der Waals surface area contributed by atoms with Gasteiger partial charge in [-0.2, -0.15) is 0 Å². The van der Waals surface area contributed by atoms with Gasteiger partial charge in [-0.1, -0.05) is 20.8 Å². The Bertz CT molecular complexity index is 245. The number of hydrogen-bond donors (Lipinski definition) is 1. The summed E-state index contributed by atoms with van der Waals surface area (Å²) in [5.41, 5.74) is -0.0972. The van der Waals surface area contributed by atoms with Crippen LogP contribution < -0.4 is 5.32 Å². The molecule has 3 heteroatoms. The zero-order valence-corrected chi connectivity index (χ0v) is 13.3. The predicted octanol–water partition coefficient (Wildman–Crippen LogP) is 2.65. The zero-order valence-electron chi connectivity index (χ0n) is 13.3. The fourth-order valence-electron chi connectivity index (χ4n) is 3.01. The van der Waals surface area contributed by atoms with E-state index in [1.54, 1.807) is 0 Å². The Balaban J connectivity index is 2.67. The Kier molecular flexibility index (Phi) is 5.22. The summed E-state index contributed by atoms with van der Waals surface area (Å²) in [5.74, 6) is 0. The Morgan fingerprint density at radius 1 is 1.11 bits per heavy atom. The molecule has 108 valence electrons. The summed E-state index contributed by atoms with van der Waals surface area (Å²) in [7, 11) is 0. The first-order valence-corrected chi connectivity index (χ1v) is 7.33. The van der Waals surface area contributed by atoms with Crippen molar-refractivity contribution in [2.24, 2.45) is 0 Å². The lowest BCUT2D eigenvalue weighted by atomic mass is 9.96. The van der Waals surface area contributed by atoms with E-state index in [-0.39, 0.29) is 11.2 Å². The molecule has 0 radical (unpaired) electrons. The zero-order chi connectivity index (χ0) is 14.0. The molecule has 0 amide bonds. The Labute approximate surface area is 113 Å². The largest absolute Gasteiger partial charge is 0.367 e. The molecule has 0 aromatic heterocycles. The molecule has 1 aliphatic rings. The van der Waals surface area contributed by atoms with Gasteiger partial charge in [0.25, 0.3) is 0 Å². The van der Waals surface area contributed by atoms with E-state index in [2.05, 4.69) is 58.7 Å². The van der Waals surface area contributed by atoms with Crippen LogP contribution in [0.15, 0.2) is 0 Å². The molecule has 0 aliphatic carbocycles. The highest BCUT2D eigenvalue weighted by atomic mass is 16.5. The maximum Gasteiger partial charge on any atom is 0.0760 e. The second kappa shape index (κ2) is 5.89. The average molecular weight is 256 g/mol. The Morgan fingerprint density at radius 2 is 1.61 bits per heavy atom. The maximum atomic E-state index is 6.15. The molecule has 0 aromatic rings. The fourth-order valence-corrected chi connectivity index (χ4v) is 3.01. The Morgan fingerprint density at radius 3 is 2.00 bits per heavy atom. The molecule has 1 aliphatic heterocycles. The number of rotatable bonds is 5. The summed E-state index contributed by atoms with van der Waals surface area (Å²) in [6, 6.07) is 1.16. The fraction of sp³-hybridized carbons (Fsp3) is 1.00. The van der Waals surface area contributed by atoms with Crippen LogP contribution in [-0.2, 0) is 4.74 Å². The molecule has 1 saturated heterocycles. The van der Waals surface area contributed by atoms with Crippen LogP contribution in [0.2, 0.25) is 0 Å². The number of hydrogen-bond acceptors (Lipinski definition) is 3. The van der Waals surface area contributed by atoms with Gasteiger partial charge in [0.1, 0.15) is 0 Å². The minimum absolute atomic E-state index is 0.0486. The molecular formula is C15H32N2O. The van der Waals surface area contributed by atoms with Crippen LogP contribution >= 0.6 is 0 Å². The van der Waals surface area contributed by atoms with Crippen molar-refractivity contribution in [2.75, 3.05) is 19.6 Å². The van der Waals surface area contributed by atoms with Crippen molar-refractivity contribution >= 4 is 0 Å². The van der Waals surface area contributed by atoms with Crippen molar-refractivity contribution in [3.63, 3.8) is 0 Å². The molecule has 3 nitrogen and oxygen atoms in total. The van der Waals surface area contributed by atoms with Gasteiger partial charge in [-0.25, -0.2) is 0 Å². The van der Waals surface area contributed by atoms with Gasteiger partial charge in [-0.05, 0) is 34.1 Å². The van der Waals surface area contributed by atoms with E-state index < -0.39 is 0 Å². The van der Waals surface area contributed by atoms with Gasteiger partial charge in [-0.3, -0.25) is 4.90 Å². The molecular weight excluding hydrogens is 224 g/mol. The quantitative estimate of drug-likeness (QED) is 0.818. The topological polar surface area (TPSA) is 24.5 Å². The highest BCUT2D eigenvalue weighted by Crippen LogP contribution is 2.29. The van der Waals surface area contributed by atoms with Gasteiger partial charge in [-0.15, -0.1) is 0 Å². The smallest absolute Gasteiger partial charge is 0.0760 e. The van der Waals surface area contributed by atoms with Gasteiger partial charge < -0.3 is 10.1 Å². The van der Waals surface area contributed by atoms with Crippen LogP contribution in [0.4, 0.5) is 0 Å². The molecule has 0 aromatic carbocycles. The van der Waals surface area contributed by atoms with Crippen LogP contribution in [0.5, 0.6) is 0 Å². The molecule has 0 spiro atoms. The van der Waals surface area contributed by atoms with Crippen molar-refractivity contribution in [1.29, 1.82) is 0 Å². The van der Waals surface area contributed by atoms with E-state index >= 15 is 0 Å². The van der Waals surface area contributed by atoms with Gasteiger partial charge in [0, 0.05) is 31.7 Å². The standard InChI is InChI=1S/C15H32N2O/c1-8-13(9-16-12(2)3)17-10-14(4,5)18-15(6,7)11-17/h12-13,16H,8-11H2,1-7H3. The lowest BCUT2D eigenvalue weighted by molar-refractivity contribution is -0.187. The van der Waals surface area contributed by atoms with Gasteiger partial charge in [0.2, 0.25) is 0 Å². The average Bonchev–Trinajstić information content (AvgIpc) is 2.12. The summed E-state index contributed by atoms with van der Waals surface area (Å²) in [6.45, 7) is 18.6. The van der Waals surface area contributed by atoms with Gasteiger partial charge in [0.05, 0.1) is 11.2 Å². The summed E-state index contributed by atoms with van der Waals surface area (Å²) in [6.07, 6.45) is 1.19. The predicted molar refractivity (Wildman–Crippen MR) is 78.0 cm³/mol. The van der Waals surface area contributed by atoms with E-state index in [4.69, 9.17) is 4.74 Å². The number of morpholine rings is 1. The summed E-state index contributed by atoms with van der Waals surface area (Å²) < 4.78 is 6.15. The van der Waals surface area contributed by atoms with Crippen LogP contribution in [0.1, 0.15) is 54.9 Å². The van der Waals surface area contributed by atoms with Crippen LogP contribution in [-0.4, -0.2) is 47.8 Å². The van der Waals surface area contributed by atoms with E-state index in [0.717, 1.165) is 19.6 Å². The summed E-state index contributed by atoms with van der Waals surface area (Å²) >= 11 is 0. The third-order valence-electron chi connectivity index (χ3n) is 3.47. The van der Waals surface area contributed by atoms with Crippen molar-refractivity contribution in [3.8, 4) is 0 Å². The van der Waals surface area contributed by atoms with Crippen molar-refractivity contribution in [2.45, 2.75) is 78.2 Å². The first-order valence-electron chi connectivity index (χ1n) is 7.33. The van der Waals surface area contributed by atoms with Crippen molar-refractivity contribution in [3.05, 3.63) is 0 Å². The molecule has 1 fully saturated rings. The third-order valence-corrected chi connectivity index (χ3v) is 3.47. The van der Waals surface area contributed by atoms with Gasteiger partial charge in [0.15, 0.2) is 0 Å². The summed E-state index contributed by atoms with van der Waals surface area (Å²) in [5, 5.41) is 3.57. The molecule has 1 atom stereocenters. The molecule has 0 bridgehead atoms. The monoisotopic (exact) mass is 256 g/mol. The molecule has 1 unspecified atom stereocenters. The molecule has 1 rings (SSSR count). The summed E-state index contributed by atoms with van der Waals surface area (Å²) in [4.78, 5) is 2.60. The molecule has 0 saturated carbocycles. The molecule has 18 heavy (non-hydrogen) atoms. The highest BCUT2D eigenvalue weighted by molar-refractivity contribution is 4.92. The second-order valence-corrected chi connectivity index (χ2v) is 7.15. The van der Waals surface area contributed by atoms with Crippen LogP contribution in [0.25, 0.3) is 0 Å². The highest BCUT2D eigenvalue weighted by Gasteiger charge is 2.39. The first-order chi connectivity index (χ1) is 8.15. The maximum absolute atomic E-state index is 6.15. The SMILES string of the molecule is CCC(CNC(C)C)N1CC(C)(C)OC(C)(C)C1. The van der Waals surface area contributed by atoms with Crippen molar-refractivity contribution < 1.29 is 4.74 Å². The van der Waals surface area contributed by atoms with E-state index in [1.807, 2.05) is 0 Å². The number of nitrogens with one attached hydrogen (secondary N) is 1. The minimum Gasteiger partial charge on any atom is -0.367 e. The lowest BCUT2D eigenvalue weighted by Crippen LogP contribution is -2.61. The minimum atomic E-state index is -0.0486. The third kappa shape index (κ3) is 4.87. The second-order valence-electron chi connectivity index (χ2n) is 7.15. The lowest BCUT2D eigenvalue weighted by Gasteiger charge is -2.49. The first kappa shape index (κ1) is 15.9. The van der Waals surface area contributed by atoms with Crippen LogP contribution in [0.3, 0.4) is 0 Å². The number of nitrogens with zero attached hydrogens (tertiary/aromatic N) is 1. The van der Waals surface area contributed by atoms with E-state index in [1.165, 1.54) is 6.42 Å². The van der Waals surface area contributed by atoms with E-state index in [9.17, 15) is 0 Å². The van der Waals surface area contributed by atoms with Crippen LogP contribution in [0, 0.1) is 0 Å². The molecule has 1 heterocycles. The normalized spacial score (nSPS) is 25.3. The van der Waals surface area contributed by atoms with E-state index in [0.29, 0.717) is 12.1 Å². The van der Waals surface area contributed by atoms with Crippen molar-refractivity contribution in [1.82, 2.24) is 10.2 Å². The molecule has 1 N–H and O–H groups in total. The Hall–Kier alpha value is -0.120.